The quantitative estimate of drug-likeness (QED) is 0.197. The van der Waals surface area contributed by atoms with Crippen molar-refractivity contribution >= 4 is 55.4 Å². The van der Waals surface area contributed by atoms with Gasteiger partial charge in [-0.05, 0) is 60.0 Å². The average molecular weight is 610 g/mol. The van der Waals surface area contributed by atoms with Crippen molar-refractivity contribution in [1.29, 1.82) is 0 Å². The van der Waals surface area contributed by atoms with E-state index in [2.05, 4.69) is 21.2 Å². The van der Waals surface area contributed by atoms with E-state index < -0.39 is 0 Å². The van der Waals surface area contributed by atoms with Gasteiger partial charge in [-0.25, -0.2) is 4.98 Å². The number of carbonyl (C=O) groups is 1. The number of fused-ring (bicyclic) bond motifs is 2. The van der Waals surface area contributed by atoms with E-state index in [-0.39, 0.29) is 24.0 Å². The van der Waals surface area contributed by atoms with Crippen LogP contribution in [-0.4, -0.2) is 28.4 Å². The number of carbonyl (C=O) groups excluding carboxylic acids is 1. The van der Waals surface area contributed by atoms with Gasteiger partial charge in [-0.1, -0.05) is 83.7 Å². The molecule has 0 unspecified atom stereocenters. The molecule has 206 valence electrons. The molecule has 0 aliphatic heterocycles. The summed E-state index contributed by atoms with van der Waals surface area (Å²) in [7, 11) is 0. The molecule has 8 heteroatoms. The van der Waals surface area contributed by atoms with Gasteiger partial charge in [0.2, 0.25) is 0 Å². The highest BCUT2D eigenvalue weighted by Gasteiger charge is 2.23. The molecule has 1 aliphatic rings. The third-order valence-corrected chi connectivity index (χ3v) is 7.95. The summed E-state index contributed by atoms with van der Waals surface area (Å²) in [6.07, 6.45) is 7.02. The first-order valence-corrected chi connectivity index (χ1v) is 14.6. The number of nitrogens with zero attached hydrogens (tertiary/aromatic N) is 3. The maximum Gasteiger partial charge on any atom is 0.282 e. The first kappa shape index (κ1) is 26.9. The van der Waals surface area contributed by atoms with Crippen LogP contribution in [0.25, 0.3) is 21.7 Å². The summed E-state index contributed by atoms with van der Waals surface area (Å²) in [5, 5.41) is 10.0. The Hall–Kier alpha value is -4.30. The zero-order chi connectivity index (χ0) is 28.2. The summed E-state index contributed by atoms with van der Waals surface area (Å²) in [4.78, 5) is 31.4. The Morgan fingerprint density at radius 2 is 1.76 bits per heavy atom. The molecule has 0 atom stereocenters. The maximum atomic E-state index is 13.8. The van der Waals surface area contributed by atoms with Gasteiger partial charge in [0.15, 0.2) is 6.61 Å². The highest BCUT2D eigenvalue weighted by molar-refractivity contribution is 9.10. The van der Waals surface area contributed by atoms with Crippen LogP contribution in [0.3, 0.4) is 0 Å². The molecule has 1 aromatic heterocycles. The fraction of sp³-hybridized carbons (Fsp3) is 0.212. The molecule has 1 amide bonds. The molecule has 5 aromatic rings. The molecular formula is C33H29BrN4O3. The highest BCUT2D eigenvalue weighted by Crippen LogP contribution is 2.32. The summed E-state index contributed by atoms with van der Waals surface area (Å²) < 4.78 is 8.28. The Kier molecular flexibility index (Phi) is 7.91. The first-order chi connectivity index (χ1) is 20.1. The van der Waals surface area contributed by atoms with Crippen molar-refractivity contribution in [3.05, 3.63) is 111 Å². The molecule has 7 nitrogen and oxygen atoms in total. The lowest BCUT2D eigenvalue weighted by Crippen LogP contribution is -2.25. The van der Waals surface area contributed by atoms with Gasteiger partial charge in [0, 0.05) is 21.6 Å². The third kappa shape index (κ3) is 5.93. The van der Waals surface area contributed by atoms with Gasteiger partial charge in [-0.15, -0.1) is 0 Å². The molecule has 0 radical (unpaired) electrons. The first-order valence-electron chi connectivity index (χ1n) is 13.8. The summed E-state index contributed by atoms with van der Waals surface area (Å²) in [6, 6.07) is 26.5. The fourth-order valence-electron chi connectivity index (χ4n) is 5.41. The van der Waals surface area contributed by atoms with Gasteiger partial charge in [-0.3, -0.25) is 9.59 Å². The number of rotatable bonds is 7. The standard InChI is InChI=1S/C33H29BrN4O3/c34-24-16-17-29-27(19-24)33(40)38(32(37-29)23-10-3-1-4-11-23)35-20-28-26-14-8-7-9-22(26)15-18-30(28)41-21-31(39)36-25-12-5-2-6-13-25/h2,5-9,12-20,23H,1,3-4,10-11,21H2,(H,36,39). The van der Waals surface area contributed by atoms with Gasteiger partial charge in [0.25, 0.3) is 11.5 Å². The summed E-state index contributed by atoms with van der Waals surface area (Å²) in [5.41, 5.74) is 1.85. The van der Waals surface area contributed by atoms with Crippen molar-refractivity contribution in [1.82, 2.24) is 9.66 Å². The minimum Gasteiger partial charge on any atom is -0.483 e. The van der Waals surface area contributed by atoms with Crippen LogP contribution in [0.5, 0.6) is 5.75 Å². The molecule has 1 fully saturated rings. The van der Waals surface area contributed by atoms with Crippen molar-refractivity contribution in [2.24, 2.45) is 5.10 Å². The molecule has 1 N–H and O–H groups in total. The highest BCUT2D eigenvalue weighted by atomic mass is 79.9. The lowest BCUT2D eigenvalue weighted by Gasteiger charge is -2.23. The second-order valence-electron chi connectivity index (χ2n) is 10.2. The van der Waals surface area contributed by atoms with Crippen LogP contribution in [0, 0.1) is 0 Å². The number of benzene rings is 4. The zero-order valence-corrected chi connectivity index (χ0v) is 24.0. The van der Waals surface area contributed by atoms with Crippen LogP contribution < -0.4 is 15.6 Å². The third-order valence-electron chi connectivity index (χ3n) is 7.45. The molecule has 0 saturated heterocycles. The fourth-order valence-corrected chi connectivity index (χ4v) is 5.78. The molecule has 1 aliphatic carbocycles. The Labute approximate surface area is 246 Å². The van der Waals surface area contributed by atoms with Crippen LogP contribution >= 0.6 is 15.9 Å². The van der Waals surface area contributed by atoms with E-state index in [1.165, 1.54) is 11.1 Å². The van der Waals surface area contributed by atoms with Crippen molar-refractivity contribution in [2.75, 3.05) is 11.9 Å². The lowest BCUT2D eigenvalue weighted by molar-refractivity contribution is -0.118. The molecule has 1 heterocycles. The molecular weight excluding hydrogens is 580 g/mol. The molecule has 0 bridgehead atoms. The van der Waals surface area contributed by atoms with E-state index in [1.54, 1.807) is 12.3 Å². The predicted molar refractivity (Wildman–Crippen MR) is 167 cm³/mol. The van der Waals surface area contributed by atoms with Gasteiger partial charge in [-0.2, -0.15) is 9.78 Å². The minimum absolute atomic E-state index is 0.159. The summed E-state index contributed by atoms with van der Waals surface area (Å²) in [5.74, 6) is 1.07. The molecule has 1 saturated carbocycles. The molecule has 4 aromatic carbocycles. The van der Waals surface area contributed by atoms with Crippen LogP contribution in [-0.2, 0) is 4.79 Å². The lowest BCUT2D eigenvalue weighted by atomic mass is 9.88. The zero-order valence-electron chi connectivity index (χ0n) is 22.4. The van der Waals surface area contributed by atoms with Gasteiger partial charge in [0.1, 0.15) is 11.6 Å². The van der Waals surface area contributed by atoms with E-state index in [9.17, 15) is 9.59 Å². The van der Waals surface area contributed by atoms with Crippen LogP contribution in [0.4, 0.5) is 5.69 Å². The van der Waals surface area contributed by atoms with Gasteiger partial charge < -0.3 is 10.1 Å². The second-order valence-corrected chi connectivity index (χ2v) is 11.1. The van der Waals surface area contributed by atoms with Crippen molar-refractivity contribution in [2.45, 2.75) is 38.0 Å². The van der Waals surface area contributed by atoms with E-state index in [1.807, 2.05) is 78.9 Å². The van der Waals surface area contributed by atoms with Crippen molar-refractivity contribution in [3.8, 4) is 5.75 Å². The van der Waals surface area contributed by atoms with Gasteiger partial charge >= 0.3 is 0 Å². The SMILES string of the molecule is O=C(COc1ccc2ccccc2c1C=Nn1c(C2CCCCC2)nc2ccc(Br)cc2c1=O)Nc1ccccc1. The number of ether oxygens (including phenoxy) is 1. The number of halogens is 1. The maximum absolute atomic E-state index is 13.8. The topological polar surface area (TPSA) is 85.6 Å². The normalized spacial score (nSPS) is 14.1. The van der Waals surface area contributed by atoms with E-state index in [0.717, 1.165) is 40.9 Å². The molecule has 0 spiro atoms. The number of hydrogen-bond donors (Lipinski definition) is 1. The molecule has 6 rings (SSSR count). The van der Waals surface area contributed by atoms with Crippen molar-refractivity contribution < 1.29 is 9.53 Å². The number of amides is 1. The van der Waals surface area contributed by atoms with E-state index in [0.29, 0.717) is 33.7 Å². The monoisotopic (exact) mass is 608 g/mol. The smallest absolute Gasteiger partial charge is 0.282 e. The Balaban J connectivity index is 1.40. The molecule has 41 heavy (non-hydrogen) atoms. The van der Waals surface area contributed by atoms with Crippen LogP contribution in [0.1, 0.15) is 49.4 Å². The van der Waals surface area contributed by atoms with E-state index in [4.69, 9.17) is 14.8 Å². The number of anilines is 1. The van der Waals surface area contributed by atoms with Crippen molar-refractivity contribution in [3.63, 3.8) is 0 Å². The number of hydrogen-bond acceptors (Lipinski definition) is 5. The number of nitrogens with one attached hydrogen (secondary N) is 1. The Morgan fingerprint density at radius 3 is 2.59 bits per heavy atom. The summed E-state index contributed by atoms with van der Waals surface area (Å²) in [6.45, 7) is -0.174. The van der Waals surface area contributed by atoms with Crippen LogP contribution in [0.2, 0.25) is 0 Å². The van der Waals surface area contributed by atoms with Gasteiger partial charge in [0.05, 0.1) is 17.1 Å². The Bertz CT molecular complexity index is 1810. The average Bonchev–Trinajstić information content (AvgIpc) is 3.01. The summed E-state index contributed by atoms with van der Waals surface area (Å²) >= 11 is 3.48. The van der Waals surface area contributed by atoms with Crippen LogP contribution in [0.15, 0.2) is 99.3 Å². The second kappa shape index (κ2) is 12.1. The Morgan fingerprint density at radius 1 is 0.976 bits per heavy atom. The minimum atomic E-state index is -0.271. The number of aromatic nitrogens is 2. The largest absolute Gasteiger partial charge is 0.483 e. The predicted octanol–water partition coefficient (Wildman–Crippen LogP) is 7.26. The van der Waals surface area contributed by atoms with E-state index >= 15 is 0 Å². The number of para-hydroxylation sites is 1.